The van der Waals surface area contributed by atoms with Crippen molar-refractivity contribution in [1.82, 2.24) is 14.7 Å². The molecule has 0 spiro atoms. The fourth-order valence-corrected chi connectivity index (χ4v) is 3.58. The molecule has 2 fully saturated rings. The average molecular weight is 357 g/mol. The van der Waals surface area contributed by atoms with E-state index in [4.69, 9.17) is 9.47 Å². The number of piperidine rings is 1. The minimum absolute atomic E-state index is 0.0682. The molecule has 2 amide bonds. The van der Waals surface area contributed by atoms with Crippen molar-refractivity contribution >= 4 is 12.0 Å². The summed E-state index contributed by atoms with van der Waals surface area (Å²) in [6, 6.07) is 0. The van der Waals surface area contributed by atoms with Crippen molar-refractivity contribution in [2.24, 2.45) is 0 Å². The monoisotopic (exact) mass is 357 g/mol. The summed E-state index contributed by atoms with van der Waals surface area (Å²) < 4.78 is 10.7. The quantitative estimate of drug-likeness (QED) is 0.771. The molecule has 8 nitrogen and oxygen atoms in total. The zero-order chi connectivity index (χ0) is 18.7. The molecule has 1 atom stereocenters. The molecular formula is C17H31N3O5. The Bertz CT molecular complexity index is 491. The fraction of sp³-hybridized carbons (Fsp3) is 0.882. The van der Waals surface area contributed by atoms with Crippen LogP contribution in [0.3, 0.4) is 0 Å². The molecule has 25 heavy (non-hydrogen) atoms. The van der Waals surface area contributed by atoms with E-state index in [0.29, 0.717) is 58.8 Å². The molecule has 0 bridgehead atoms. The number of nitrogens with zero attached hydrogens (tertiary/aromatic N) is 3. The Kier molecular flexibility index (Phi) is 6.29. The smallest absolute Gasteiger partial charge is 0.409 e. The van der Waals surface area contributed by atoms with Crippen molar-refractivity contribution in [2.45, 2.75) is 37.9 Å². The van der Waals surface area contributed by atoms with Crippen LogP contribution in [0.1, 0.15) is 26.7 Å². The van der Waals surface area contributed by atoms with Crippen LogP contribution in [0, 0.1) is 0 Å². The zero-order valence-electron chi connectivity index (χ0n) is 15.8. The van der Waals surface area contributed by atoms with Crippen LogP contribution >= 0.6 is 0 Å². The van der Waals surface area contributed by atoms with E-state index >= 15 is 0 Å². The van der Waals surface area contributed by atoms with Gasteiger partial charge in [-0.3, -0.25) is 9.69 Å². The maximum atomic E-state index is 12.4. The van der Waals surface area contributed by atoms with Gasteiger partial charge in [0.15, 0.2) is 5.60 Å². The lowest BCUT2D eigenvalue weighted by molar-refractivity contribution is -0.168. The lowest BCUT2D eigenvalue weighted by Crippen LogP contribution is -2.61. The number of carbonyl (C=O) groups is 2. The number of likely N-dealkylation sites (tertiary alicyclic amines) is 1. The Labute approximate surface area is 149 Å². The maximum absolute atomic E-state index is 12.4. The van der Waals surface area contributed by atoms with Crippen LogP contribution in [0.5, 0.6) is 0 Å². The highest BCUT2D eigenvalue weighted by Crippen LogP contribution is 2.27. The first kappa shape index (κ1) is 19.9. The number of hydrogen-bond donors (Lipinski definition) is 1. The van der Waals surface area contributed by atoms with Gasteiger partial charge in [-0.1, -0.05) is 0 Å². The number of likely N-dealkylation sites (N-methyl/N-ethyl adjacent to an activating group) is 1. The third-order valence-electron chi connectivity index (χ3n) is 4.95. The highest BCUT2D eigenvalue weighted by Gasteiger charge is 2.43. The van der Waals surface area contributed by atoms with Crippen molar-refractivity contribution in [1.29, 1.82) is 0 Å². The lowest BCUT2D eigenvalue weighted by atomic mass is 9.90. The second-order valence-corrected chi connectivity index (χ2v) is 7.40. The van der Waals surface area contributed by atoms with Crippen molar-refractivity contribution < 1.29 is 24.2 Å². The number of hydrogen-bond acceptors (Lipinski definition) is 6. The molecular weight excluding hydrogens is 326 g/mol. The largest absolute Gasteiger partial charge is 0.450 e. The Morgan fingerprint density at radius 3 is 2.44 bits per heavy atom. The zero-order valence-corrected chi connectivity index (χ0v) is 15.8. The molecule has 0 aromatic heterocycles. The van der Waals surface area contributed by atoms with Gasteiger partial charge < -0.3 is 24.4 Å². The first-order valence-corrected chi connectivity index (χ1v) is 8.91. The van der Waals surface area contributed by atoms with Gasteiger partial charge in [-0.15, -0.1) is 0 Å². The number of amides is 2. The van der Waals surface area contributed by atoms with Gasteiger partial charge in [0.1, 0.15) is 0 Å². The van der Waals surface area contributed by atoms with E-state index in [-0.39, 0.29) is 12.0 Å². The van der Waals surface area contributed by atoms with Gasteiger partial charge in [-0.05, 0) is 26.7 Å². The van der Waals surface area contributed by atoms with Crippen LogP contribution in [0.2, 0.25) is 0 Å². The minimum Gasteiger partial charge on any atom is -0.450 e. The molecule has 0 saturated carbocycles. The third kappa shape index (κ3) is 4.83. The van der Waals surface area contributed by atoms with Gasteiger partial charge in [0.2, 0.25) is 0 Å². The average Bonchev–Trinajstić information content (AvgIpc) is 2.54. The maximum Gasteiger partial charge on any atom is 0.409 e. The first-order valence-electron chi connectivity index (χ1n) is 8.91. The highest BCUT2D eigenvalue weighted by molar-refractivity contribution is 5.84. The van der Waals surface area contributed by atoms with Crippen molar-refractivity contribution in [3.8, 4) is 0 Å². The second-order valence-electron chi connectivity index (χ2n) is 7.40. The van der Waals surface area contributed by atoms with Gasteiger partial charge in [-0.25, -0.2) is 4.79 Å². The summed E-state index contributed by atoms with van der Waals surface area (Å²) in [7, 11) is 3.43. The number of carbonyl (C=O) groups excluding carboxylic acids is 2. The second kappa shape index (κ2) is 7.88. The topological polar surface area (TPSA) is 82.5 Å². The van der Waals surface area contributed by atoms with Gasteiger partial charge >= 0.3 is 6.09 Å². The number of ether oxygens (including phenoxy) is 2. The van der Waals surface area contributed by atoms with E-state index in [2.05, 4.69) is 4.90 Å². The summed E-state index contributed by atoms with van der Waals surface area (Å²) in [6.45, 7) is 6.96. The molecule has 1 N–H and O–H groups in total. The van der Waals surface area contributed by atoms with E-state index in [1.165, 1.54) is 4.90 Å². The van der Waals surface area contributed by atoms with Crippen LogP contribution in [0.15, 0.2) is 0 Å². The van der Waals surface area contributed by atoms with E-state index < -0.39 is 11.2 Å². The molecule has 2 rings (SSSR count). The van der Waals surface area contributed by atoms with Gasteiger partial charge in [0.25, 0.3) is 5.91 Å². The number of aliphatic hydroxyl groups is 1. The molecule has 0 aromatic carbocycles. The van der Waals surface area contributed by atoms with Crippen molar-refractivity contribution in [3.05, 3.63) is 0 Å². The fourth-order valence-electron chi connectivity index (χ4n) is 3.58. The predicted octanol–water partition coefficient (Wildman–Crippen LogP) is 0.149. The molecule has 2 heterocycles. The summed E-state index contributed by atoms with van der Waals surface area (Å²) in [6.07, 6.45) is 0.684. The number of β-amino-alcohol motifs (C(OH)–C–C–N with tert-alkyl or cyclic N) is 1. The molecule has 144 valence electrons. The van der Waals surface area contributed by atoms with Crippen LogP contribution in [0.4, 0.5) is 4.79 Å². The molecule has 0 aliphatic carbocycles. The van der Waals surface area contributed by atoms with Crippen molar-refractivity contribution in [2.75, 3.05) is 60.0 Å². The minimum atomic E-state index is -0.885. The molecule has 2 aliphatic heterocycles. The summed E-state index contributed by atoms with van der Waals surface area (Å²) in [4.78, 5) is 29.4. The van der Waals surface area contributed by atoms with Crippen LogP contribution in [-0.4, -0.2) is 103 Å². The Morgan fingerprint density at radius 1 is 1.24 bits per heavy atom. The van der Waals surface area contributed by atoms with Crippen molar-refractivity contribution in [3.63, 3.8) is 0 Å². The Hall–Kier alpha value is -1.38. The van der Waals surface area contributed by atoms with E-state index in [1.807, 2.05) is 0 Å². The summed E-state index contributed by atoms with van der Waals surface area (Å²) in [5, 5.41) is 10.9. The van der Waals surface area contributed by atoms with Crippen LogP contribution < -0.4 is 0 Å². The van der Waals surface area contributed by atoms with Gasteiger partial charge in [-0.2, -0.15) is 0 Å². The lowest BCUT2D eigenvalue weighted by Gasteiger charge is -2.45. The van der Waals surface area contributed by atoms with Gasteiger partial charge in [0, 0.05) is 46.8 Å². The SMILES string of the molecule is CCOC(=O)N1CCC(O)(CN2CCO[C@@](C)(C(=O)N(C)C)C2)CC1. The van der Waals surface area contributed by atoms with Crippen LogP contribution in [0.25, 0.3) is 0 Å². The first-order chi connectivity index (χ1) is 11.7. The Balaban J connectivity index is 1.91. The van der Waals surface area contributed by atoms with Crippen LogP contribution in [-0.2, 0) is 14.3 Å². The predicted molar refractivity (Wildman–Crippen MR) is 92.3 cm³/mol. The summed E-state index contributed by atoms with van der Waals surface area (Å²) >= 11 is 0. The molecule has 2 aliphatic rings. The Morgan fingerprint density at radius 2 is 1.88 bits per heavy atom. The van der Waals surface area contributed by atoms with E-state index in [9.17, 15) is 14.7 Å². The number of rotatable bonds is 4. The highest BCUT2D eigenvalue weighted by atomic mass is 16.6. The molecule has 0 unspecified atom stereocenters. The normalized spacial score (nSPS) is 27.0. The molecule has 0 radical (unpaired) electrons. The summed E-state index contributed by atoms with van der Waals surface area (Å²) in [5.41, 5.74) is -1.74. The third-order valence-corrected chi connectivity index (χ3v) is 4.95. The number of morpholine rings is 1. The van der Waals surface area contributed by atoms with Gasteiger partial charge in [0.05, 0.1) is 18.8 Å². The standard InChI is InChI=1S/C17H31N3O5/c1-5-24-15(22)20-8-6-17(23,7-9-20)13-19-10-11-25-16(2,12-19)14(21)18(3)4/h23H,5-13H2,1-4H3/t16-/m1/s1. The molecule has 0 aromatic rings. The molecule has 8 heteroatoms. The summed E-state index contributed by atoms with van der Waals surface area (Å²) in [5.74, 6) is -0.0682. The van der Waals surface area contributed by atoms with E-state index in [0.717, 1.165) is 0 Å². The van der Waals surface area contributed by atoms with E-state index in [1.54, 1.807) is 32.8 Å². The molecule has 2 saturated heterocycles.